The van der Waals surface area contributed by atoms with E-state index in [1.54, 1.807) is 44.2 Å². The van der Waals surface area contributed by atoms with E-state index < -0.39 is 72.0 Å². The van der Waals surface area contributed by atoms with Crippen LogP contribution in [0, 0.1) is 11.8 Å². The number of nitrogens with one attached hydrogen (secondary N) is 6. The van der Waals surface area contributed by atoms with Crippen LogP contribution in [0.25, 0.3) is 10.8 Å². The van der Waals surface area contributed by atoms with Gasteiger partial charge in [-0.1, -0.05) is 83.0 Å². The highest BCUT2D eigenvalue weighted by atomic mass is 16.5. The van der Waals surface area contributed by atoms with Gasteiger partial charge < -0.3 is 64.7 Å². The number of ether oxygens (including phenoxy) is 1. The average Bonchev–Trinajstić information content (AvgIpc) is 3.30. The predicted octanol–water partition coefficient (Wildman–Crippen LogP) is 1.13. The minimum Gasteiger partial charge on any atom is -0.484 e. The first-order valence-corrected chi connectivity index (χ1v) is 22.7. The summed E-state index contributed by atoms with van der Waals surface area (Å²) in [6.07, 6.45) is 0.871. The summed E-state index contributed by atoms with van der Waals surface area (Å²) in [7, 11) is 0. The highest BCUT2D eigenvalue weighted by Gasteiger charge is 2.34. The lowest BCUT2D eigenvalue weighted by Gasteiger charge is -2.28. The lowest BCUT2D eigenvalue weighted by molar-refractivity contribution is -0.141. The number of carboxylic acid groups (broad SMARTS) is 1. The number of guanidine groups is 2. The van der Waals surface area contributed by atoms with Gasteiger partial charge in [-0.15, -0.1) is 0 Å². The topological polar surface area (TPSA) is 350 Å². The van der Waals surface area contributed by atoms with E-state index in [4.69, 9.17) is 27.7 Å². The lowest BCUT2D eigenvalue weighted by atomic mass is 9.96. The van der Waals surface area contributed by atoms with Gasteiger partial charge in [-0.05, 0) is 78.1 Å². The smallest absolute Gasteiger partial charge is 0.305 e. The molecular weight excluding hydrogens is 877 g/mol. The van der Waals surface area contributed by atoms with E-state index in [0.717, 1.165) is 17.2 Å². The van der Waals surface area contributed by atoms with Crippen molar-refractivity contribution in [2.75, 3.05) is 31.6 Å². The molecule has 0 heterocycles. The van der Waals surface area contributed by atoms with Crippen molar-refractivity contribution in [3.05, 3.63) is 72.3 Å². The van der Waals surface area contributed by atoms with Gasteiger partial charge in [0.1, 0.15) is 29.9 Å². The van der Waals surface area contributed by atoms with Gasteiger partial charge in [0.15, 0.2) is 18.5 Å². The first kappa shape index (κ1) is 54.9. The Morgan fingerprint density at radius 2 is 1.25 bits per heavy atom. The molecule has 3 aromatic rings. The monoisotopic (exact) mass is 945 g/mol. The molecule has 0 aromatic heterocycles. The fourth-order valence-electron chi connectivity index (χ4n) is 6.70. The number of carbonyl (C=O) groups is 7. The van der Waals surface area contributed by atoms with Crippen molar-refractivity contribution in [1.82, 2.24) is 26.6 Å². The van der Waals surface area contributed by atoms with Crippen molar-refractivity contribution in [3.8, 4) is 5.75 Å². The molecule has 6 atom stereocenters. The van der Waals surface area contributed by atoms with E-state index in [0.29, 0.717) is 30.0 Å². The highest BCUT2D eigenvalue weighted by Crippen LogP contribution is 2.21. The Morgan fingerprint density at radius 3 is 1.84 bits per heavy atom. The first-order chi connectivity index (χ1) is 32.4. The summed E-state index contributed by atoms with van der Waals surface area (Å²) in [5, 5.41) is 27.8. The van der Waals surface area contributed by atoms with Crippen LogP contribution in [0.2, 0.25) is 0 Å². The molecule has 0 aliphatic carbocycles. The van der Waals surface area contributed by atoms with Crippen molar-refractivity contribution >= 4 is 69.8 Å². The second-order valence-corrected chi connectivity index (χ2v) is 16.6. The van der Waals surface area contributed by atoms with Crippen LogP contribution in [0.4, 0.5) is 5.69 Å². The van der Waals surface area contributed by atoms with E-state index in [2.05, 4.69) is 41.9 Å². The highest BCUT2D eigenvalue weighted by molar-refractivity contribution is 5.97. The number of rotatable bonds is 29. The number of carboxylic acids is 1. The van der Waals surface area contributed by atoms with Gasteiger partial charge >= 0.3 is 5.97 Å². The van der Waals surface area contributed by atoms with E-state index >= 15 is 0 Å². The number of aliphatic carboxylic acids is 1. The Hall–Kier alpha value is -7.45. The van der Waals surface area contributed by atoms with Crippen molar-refractivity contribution in [1.29, 1.82) is 0 Å². The molecule has 0 bridgehead atoms. The second kappa shape index (κ2) is 28.6. The maximum atomic E-state index is 14.0. The molecule has 370 valence electrons. The zero-order valence-corrected chi connectivity index (χ0v) is 39.2. The predicted molar refractivity (Wildman–Crippen MR) is 260 cm³/mol. The molecule has 3 rings (SSSR count). The second-order valence-electron chi connectivity index (χ2n) is 16.6. The quantitative estimate of drug-likeness (QED) is 0.0265. The third kappa shape index (κ3) is 20.0. The molecule has 0 fully saturated rings. The molecule has 0 aliphatic rings. The van der Waals surface area contributed by atoms with Crippen molar-refractivity contribution < 1.29 is 43.4 Å². The summed E-state index contributed by atoms with van der Waals surface area (Å²) in [5.74, 6) is -5.53. The Balaban J connectivity index is 1.70. The maximum Gasteiger partial charge on any atom is 0.305 e. The number of hydrogen-bond donors (Lipinski definition) is 11. The zero-order chi connectivity index (χ0) is 50.2. The summed E-state index contributed by atoms with van der Waals surface area (Å²) >= 11 is 0. The van der Waals surface area contributed by atoms with Crippen LogP contribution < -0.4 is 59.6 Å². The van der Waals surface area contributed by atoms with Gasteiger partial charge in [-0.3, -0.25) is 43.5 Å². The molecule has 6 amide bonds. The van der Waals surface area contributed by atoms with Gasteiger partial charge in [0.05, 0.1) is 12.8 Å². The lowest BCUT2D eigenvalue weighted by Crippen LogP contribution is -2.60. The molecule has 21 nitrogen and oxygen atoms in total. The number of fused-ring (bicyclic) bond motifs is 1. The SMILES string of the molecule is CC[C@H](C)CNC(=O)[C@H](CCCN=C(N)N)NC(=O)[C@H](CC(=O)O)NC(=O)[C@@H](NC(=O)[C@H](CCCN=C(N)N)NC(=O)Cc1ccc(NC(=O)COc2ccc3ccccc3c2)cc1)[C@@H](C)CC. The molecule has 0 unspecified atom stereocenters. The van der Waals surface area contributed by atoms with Crippen LogP contribution in [-0.2, 0) is 40.0 Å². The van der Waals surface area contributed by atoms with Crippen LogP contribution in [0.5, 0.6) is 5.75 Å². The van der Waals surface area contributed by atoms with E-state index in [9.17, 15) is 38.7 Å². The maximum absolute atomic E-state index is 14.0. The largest absolute Gasteiger partial charge is 0.484 e. The molecule has 0 radical (unpaired) electrons. The number of nitrogens with zero attached hydrogens (tertiary/aromatic N) is 2. The Kier molecular flexibility index (Phi) is 23.0. The van der Waals surface area contributed by atoms with Gasteiger partial charge in [-0.2, -0.15) is 0 Å². The number of aliphatic imine (C=N–C) groups is 2. The van der Waals surface area contributed by atoms with Crippen LogP contribution in [0.15, 0.2) is 76.7 Å². The van der Waals surface area contributed by atoms with E-state index in [1.165, 1.54) is 0 Å². The minimum atomic E-state index is -1.65. The summed E-state index contributed by atoms with van der Waals surface area (Å²) in [6, 6.07) is 14.6. The fourth-order valence-corrected chi connectivity index (χ4v) is 6.70. The van der Waals surface area contributed by atoms with Crippen molar-refractivity contribution in [2.45, 2.75) is 103 Å². The summed E-state index contributed by atoms with van der Waals surface area (Å²) in [4.78, 5) is 101. The first-order valence-electron chi connectivity index (χ1n) is 22.7. The Bertz CT molecular complexity index is 2230. The number of benzene rings is 3. The van der Waals surface area contributed by atoms with Gasteiger partial charge in [0.2, 0.25) is 29.5 Å². The van der Waals surface area contributed by atoms with Crippen LogP contribution in [0.1, 0.15) is 78.2 Å². The average molecular weight is 945 g/mol. The third-order valence-corrected chi connectivity index (χ3v) is 11.0. The molecule has 3 aromatic carbocycles. The molecule has 0 saturated carbocycles. The van der Waals surface area contributed by atoms with Gasteiger partial charge in [0.25, 0.3) is 5.91 Å². The zero-order valence-electron chi connectivity index (χ0n) is 39.2. The number of amides is 6. The minimum absolute atomic E-state index is 0.0587. The molecule has 15 N–H and O–H groups in total. The normalized spacial score (nSPS) is 13.5. The van der Waals surface area contributed by atoms with Crippen molar-refractivity contribution in [2.24, 2.45) is 44.8 Å². The van der Waals surface area contributed by atoms with Crippen molar-refractivity contribution in [3.63, 3.8) is 0 Å². The summed E-state index contributed by atoms with van der Waals surface area (Å²) in [6.45, 7) is 7.76. The Morgan fingerprint density at radius 1 is 0.662 bits per heavy atom. The summed E-state index contributed by atoms with van der Waals surface area (Å²) in [5.41, 5.74) is 22.8. The molecule has 68 heavy (non-hydrogen) atoms. The van der Waals surface area contributed by atoms with Crippen LogP contribution >= 0.6 is 0 Å². The standard InChI is InChI=1S/C47H68N12O9/c1-5-28(3)26-54-42(64)35(13-9-21-52-46(48)49)57-44(66)37(25-40(62)63)58-45(67)41(29(4)6-2)59-43(65)36(14-10-22-53-47(50)51)56-38(60)23-30-15-18-33(19-16-30)55-39(61)27-68-34-20-17-31-11-7-8-12-32(31)24-34/h7-8,11-12,15-20,24,28-29,35-37,41H,5-6,9-10,13-14,21-23,25-27H2,1-4H3,(H,54,64)(H,55,61)(H,56,60)(H,57,66)(H,58,67)(H,59,65)(H,62,63)(H4,48,49,52)(H4,50,51,53)/t28-,29-,35-,36-,37-,41-/m0/s1. The number of nitrogens with two attached hydrogens (primary N) is 4. The van der Waals surface area contributed by atoms with Gasteiger partial charge in [-0.25, -0.2) is 0 Å². The third-order valence-electron chi connectivity index (χ3n) is 11.0. The van der Waals surface area contributed by atoms with Gasteiger partial charge in [0, 0.05) is 25.3 Å². The molecule has 0 spiro atoms. The number of anilines is 1. The molecular formula is C47H68N12O9. The molecule has 0 aliphatic heterocycles. The van der Waals surface area contributed by atoms with E-state index in [1.807, 2.05) is 50.2 Å². The van der Waals surface area contributed by atoms with E-state index in [-0.39, 0.29) is 75.5 Å². The molecule has 0 saturated heterocycles. The fraction of sp³-hybridized carbons (Fsp3) is 0.468. The molecule has 21 heteroatoms. The number of carbonyl (C=O) groups excluding carboxylic acids is 6. The number of hydrogen-bond acceptors (Lipinski definition) is 10. The summed E-state index contributed by atoms with van der Waals surface area (Å²) < 4.78 is 5.68. The van der Waals surface area contributed by atoms with Crippen LogP contribution in [0.3, 0.4) is 0 Å². The van der Waals surface area contributed by atoms with Crippen LogP contribution in [-0.4, -0.2) is 109 Å². The Labute approximate surface area is 396 Å².